The van der Waals surface area contributed by atoms with Crippen molar-refractivity contribution >= 4 is 8.32 Å². The molecular weight excluding hydrogens is 298 g/mol. The fourth-order valence-corrected chi connectivity index (χ4v) is 5.14. The quantitative estimate of drug-likeness (QED) is 0.836. The Kier molecular flexibility index (Phi) is 4.71. The van der Waals surface area contributed by atoms with Gasteiger partial charge in [0.15, 0.2) is 13.9 Å². The van der Waals surface area contributed by atoms with Gasteiger partial charge in [0.25, 0.3) is 0 Å². The summed E-state index contributed by atoms with van der Waals surface area (Å²) in [6, 6.07) is 22.1. The molecule has 1 fully saturated rings. The first-order chi connectivity index (χ1) is 11.0. The summed E-state index contributed by atoms with van der Waals surface area (Å²) < 4.78 is 6.99. The molecule has 0 aliphatic carbocycles. The lowest BCUT2D eigenvalue weighted by molar-refractivity contribution is -0.683. The van der Waals surface area contributed by atoms with Gasteiger partial charge in [-0.15, -0.1) is 0 Å². The third-order valence-electron chi connectivity index (χ3n) is 4.57. The summed E-state index contributed by atoms with van der Waals surface area (Å²) in [5.74, 6) is 0. The molecule has 0 bridgehead atoms. The van der Waals surface area contributed by atoms with Gasteiger partial charge in [-0.25, -0.2) is 0 Å². The van der Waals surface area contributed by atoms with Crippen molar-refractivity contribution in [3.63, 3.8) is 0 Å². The van der Waals surface area contributed by atoms with Crippen LogP contribution in [0.15, 0.2) is 60.7 Å². The van der Waals surface area contributed by atoms with Gasteiger partial charge in [0.2, 0.25) is 0 Å². The number of rotatable bonds is 5. The summed E-state index contributed by atoms with van der Waals surface area (Å²) >= 11 is 0. The molecule has 2 nitrogen and oxygen atoms in total. The molecule has 1 aliphatic rings. The Morgan fingerprint density at radius 3 is 1.83 bits per heavy atom. The molecule has 0 unspecified atom stereocenters. The largest absolute Gasteiger partial charge is 0.399 e. The van der Waals surface area contributed by atoms with Crippen LogP contribution in [0.5, 0.6) is 0 Å². The topological polar surface area (TPSA) is 25.8 Å². The van der Waals surface area contributed by atoms with Crippen LogP contribution < -0.4 is 5.32 Å². The molecule has 0 radical (unpaired) electrons. The molecule has 1 saturated heterocycles. The molecule has 3 heteroatoms. The predicted octanol–water partition coefficient (Wildman–Crippen LogP) is 3.51. The molecule has 0 spiro atoms. The molecule has 23 heavy (non-hydrogen) atoms. The molecule has 0 aromatic heterocycles. The van der Waals surface area contributed by atoms with Gasteiger partial charge in [0.1, 0.15) is 6.04 Å². The van der Waals surface area contributed by atoms with E-state index < -0.39 is 8.32 Å². The van der Waals surface area contributed by atoms with E-state index in [1.807, 2.05) is 0 Å². The van der Waals surface area contributed by atoms with Gasteiger partial charge in [-0.3, -0.25) is 0 Å². The van der Waals surface area contributed by atoms with Crippen LogP contribution >= 0.6 is 0 Å². The van der Waals surface area contributed by atoms with Gasteiger partial charge in [-0.2, -0.15) is 0 Å². The number of nitrogens with two attached hydrogens (primary N) is 1. The number of hydrogen-bond donors (Lipinski definition) is 1. The molecular formula is C20H28NOSi+. The van der Waals surface area contributed by atoms with E-state index in [9.17, 15) is 0 Å². The van der Waals surface area contributed by atoms with E-state index >= 15 is 0 Å². The number of benzene rings is 2. The van der Waals surface area contributed by atoms with Gasteiger partial charge in [-0.05, 0) is 30.8 Å². The van der Waals surface area contributed by atoms with Crippen LogP contribution in [0.1, 0.15) is 24.0 Å². The zero-order valence-corrected chi connectivity index (χ0v) is 15.5. The molecule has 122 valence electrons. The standard InChI is InChI=1S/C20H27NOSi/c1-23(2,3)22-20(19-15-10-16-21-19,17-11-6-4-7-12-17)18-13-8-5-9-14-18/h4-9,11-14,19,21H,10,15-16H2,1-3H3/p+1/t19-/m0/s1. The van der Waals surface area contributed by atoms with Gasteiger partial charge < -0.3 is 9.74 Å². The lowest BCUT2D eigenvalue weighted by atomic mass is 9.79. The molecule has 3 rings (SSSR count). The normalized spacial score (nSPS) is 19.0. The van der Waals surface area contributed by atoms with E-state index in [4.69, 9.17) is 4.43 Å². The van der Waals surface area contributed by atoms with E-state index in [0.717, 1.165) is 0 Å². The maximum Gasteiger partial charge on any atom is 0.185 e. The van der Waals surface area contributed by atoms with Crippen molar-refractivity contribution in [1.29, 1.82) is 0 Å². The highest BCUT2D eigenvalue weighted by Gasteiger charge is 2.49. The van der Waals surface area contributed by atoms with Crippen LogP contribution in [0.2, 0.25) is 19.6 Å². The Labute approximate surface area is 141 Å². The Bertz CT molecular complexity index is 576. The third-order valence-corrected chi connectivity index (χ3v) is 5.50. The Balaban J connectivity index is 2.20. The summed E-state index contributed by atoms with van der Waals surface area (Å²) in [5, 5.41) is 2.49. The van der Waals surface area contributed by atoms with Crippen LogP contribution in [0.4, 0.5) is 0 Å². The SMILES string of the molecule is C[Si](C)(C)OC(c1ccccc1)(c1ccccc1)[C@@H]1CCC[NH2+]1. The summed E-state index contributed by atoms with van der Waals surface area (Å²) in [4.78, 5) is 0. The van der Waals surface area contributed by atoms with Crippen molar-refractivity contribution < 1.29 is 9.74 Å². The average molecular weight is 327 g/mol. The smallest absolute Gasteiger partial charge is 0.185 e. The second-order valence-electron chi connectivity index (χ2n) is 7.46. The van der Waals surface area contributed by atoms with Crippen molar-refractivity contribution in [2.24, 2.45) is 0 Å². The highest BCUT2D eigenvalue weighted by atomic mass is 28.4. The van der Waals surface area contributed by atoms with E-state index in [2.05, 4.69) is 85.6 Å². The third kappa shape index (κ3) is 3.42. The maximum atomic E-state index is 6.99. The van der Waals surface area contributed by atoms with Crippen molar-refractivity contribution in [2.75, 3.05) is 6.54 Å². The van der Waals surface area contributed by atoms with Gasteiger partial charge in [-0.1, -0.05) is 60.7 Å². The van der Waals surface area contributed by atoms with E-state index in [1.165, 1.54) is 30.5 Å². The summed E-state index contributed by atoms with van der Waals surface area (Å²) in [7, 11) is -1.75. The second-order valence-corrected chi connectivity index (χ2v) is 11.9. The van der Waals surface area contributed by atoms with Crippen molar-refractivity contribution in [3.05, 3.63) is 71.8 Å². The predicted molar refractivity (Wildman–Crippen MR) is 97.9 cm³/mol. The van der Waals surface area contributed by atoms with Crippen molar-refractivity contribution in [2.45, 2.75) is 44.1 Å². The summed E-state index contributed by atoms with van der Waals surface area (Å²) in [6.45, 7) is 8.08. The Morgan fingerprint density at radius 1 is 0.913 bits per heavy atom. The Morgan fingerprint density at radius 2 is 1.43 bits per heavy atom. The van der Waals surface area contributed by atoms with Crippen molar-refractivity contribution in [1.82, 2.24) is 0 Å². The average Bonchev–Trinajstić information content (AvgIpc) is 3.08. The molecule has 0 amide bonds. The maximum absolute atomic E-state index is 6.99. The number of hydrogen-bond acceptors (Lipinski definition) is 1. The highest BCUT2D eigenvalue weighted by Crippen LogP contribution is 2.40. The first-order valence-electron chi connectivity index (χ1n) is 8.67. The molecule has 1 atom stereocenters. The van der Waals surface area contributed by atoms with Crippen LogP contribution in [-0.4, -0.2) is 20.9 Å². The molecule has 0 saturated carbocycles. The van der Waals surface area contributed by atoms with Gasteiger partial charge in [0, 0.05) is 12.8 Å². The van der Waals surface area contributed by atoms with Crippen molar-refractivity contribution in [3.8, 4) is 0 Å². The second kappa shape index (κ2) is 6.60. The molecule has 2 N–H and O–H groups in total. The van der Waals surface area contributed by atoms with Gasteiger partial charge >= 0.3 is 0 Å². The summed E-state index contributed by atoms with van der Waals surface area (Å²) in [6.07, 6.45) is 2.47. The Hall–Kier alpha value is -1.42. The highest BCUT2D eigenvalue weighted by molar-refractivity contribution is 6.69. The lowest BCUT2D eigenvalue weighted by Crippen LogP contribution is -2.91. The van der Waals surface area contributed by atoms with Crippen LogP contribution in [-0.2, 0) is 10.0 Å². The zero-order valence-electron chi connectivity index (χ0n) is 14.5. The van der Waals surface area contributed by atoms with Crippen LogP contribution in [0, 0.1) is 0 Å². The zero-order chi connectivity index (χ0) is 16.3. The first-order valence-corrected chi connectivity index (χ1v) is 12.1. The fraction of sp³-hybridized carbons (Fsp3) is 0.400. The van der Waals surface area contributed by atoms with E-state index in [0.29, 0.717) is 6.04 Å². The molecule has 2 aromatic carbocycles. The minimum Gasteiger partial charge on any atom is -0.399 e. The van der Waals surface area contributed by atoms with E-state index in [-0.39, 0.29) is 5.60 Å². The lowest BCUT2D eigenvalue weighted by Gasteiger charge is -2.42. The molecule has 2 aromatic rings. The fourth-order valence-electron chi connectivity index (χ4n) is 3.79. The first kappa shape index (κ1) is 16.4. The molecule has 1 heterocycles. The minimum atomic E-state index is -1.75. The van der Waals surface area contributed by atoms with Crippen LogP contribution in [0.25, 0.3) is 0 Å². The van der Waals surface area contributed by atoms with E-state index in [1.54, 1.807) is 0 Å². The van der Waals surface area contributed by atoms with Gasteiger partial charge in [0.05, 0.1) is 6.54 Å². The van der Waals surface area contributed by atoms with Crippen LogP contribution in [0.3, 0.4) is 0 Å². The minimum absolute atomic E-state index is 0.344. The molecule has 1 aliphatic heterocycles. The monoisotopic (exact) mass is 326 g/mol. The summed E-state index contributed by atoms with van der Waals surface area (Å²) in [5.41, 5.74) is 2.23. The number of quaternary nitrogens is 1.